The molecule has 0 bridgehead atoms. The molecule has 0 spiro atoms. The van der Waals surface area contributed by atoms with Gasteiger partial charge in [0.25, 0.3) is 0 Å². The lowest BCUT2D eigenvalue weighted by molar-refractivity contribution is 0.194. The molecule has 1 aromatic carbocycles. The maximum Gasteiger partial charge on any atom is 0.317 e. The minimum absolute atomic E-state index is 0.0774. The molecule has 0 unspecified atom stereocenters. The SMILES string of the molecule is Cc1cc(CNC(=O)N2CCN(c3ccncc3)CC2)ccc1F. The summed E-state index contributed by atoms with van der Waals surface area (Å²) in [6.07, 6.45) is 3.55. The molecular formula is C18H21FN4O. The summed E-state index contributed by atoms with van der Waals surface area (Å²) < 4.78 is 13.3. The first-order chi connectivity index (χ1) is 11.6. The zero-order valence-corrected chi connectivity index (χ0v) is 13.7. The van der Waals surface area contributed by atoms with E-state index >= 15 is 0 Å². The second kappa shape index (κ2) is 7.29. The molecule has 1 aliphatic rings. The summed E-state index contributed by atoms with van der Waals surface area (Å²) in [5, 5.41) is 2.91. The minimum Gasteiger partial charge on any atom is -0.368 e. The summed E-state index contributed by atoms with van der Waals surface area (Å²) >= 11 is 0. The van der Waals surface area contributed by atoms with E-state index in [1.165, 1.54) is 6.07 Å². The highest BCUT2D eigenvalue weighted by atomic mass is 19.1. The Morgan fingerprint density at radius 3 is 2.54 bits per heavy atom. The van der Waals surface area contributed by atoms with E-state index in [1.54, 1.807) is 31.5 Å². The second-order valence-corrected chi connectivity index (χ2v) is 5.92. The largest absolute Gasteiger partial charge is 0.368 e. The number of halogens is 1. The number of benzene rings is 1. The molecule has 6 heteroatoms. The van der Waals surface area contributed by atoms with Crippen LogP contribution in [0.15, 0.2) is 42.7 Å². The van der Waals surface area contributed by atoms with Crippen LogP contribution in [-0.2, 0) is 6.54 Å². The van der Waals surface area contributed by atoms with Crippen LogP contribution in [0.25, 0.3) is 0 Å². The van der Waals surface area contributed by atoms with Gasteiger partial charge in [0.1, 0.15) is 5.82 Å². The van der Waals surface area contributed by atoms with E-state index in [0.29, 0.717) is 25.2 Å². The number of amides is 2. The fourth-order valence-corrected chi connectivity index (χ4v) is 2.83. The van der Waals surface area contributed by atoms with Crippen LogP contribution in [0, 0.1) is 12.7 Å². The molecule has 1 aromatic heterocycles. The lowest BCUT2D eigenvalue weighted by atomic mass is 10.1. The fraction of sp³-hybridized carbons (Fsp3) is 0.333. The highest BCUT2D eigenvalue weighted by Gasteiger charge is 2.21. The number of pyridine rings is 1. The van der Waals surface area contributed by atoms with Crippen LogP contribution in [0.3, 0.4) is 0 Å². The van der Waals surface area contributed by atoms with Crippen molar-refractivity contribution in [1.82, 2.24) is 15.2 Å². The molecule has 24 heavy (non-hydrogen) atoms. The van der Waals surface area contributed by atoms with Crippen molar-refractivity contribution in [3.05, 3.63) is 59.7 Å². The summed E-state index contributed by atoms with van der Waals surface area (Å²) in [5.74, 6) is -0.225. The molecule has 2 aromatic rings. The molecule has 1 N–H and O–H groups in total. The van der Waals surface area contributed by atoms with Crippen LogP contribution in [0.4, 0.5) is 14.9 Å². The summed E-state index contributed by atoms with van der Waals surface area (Å²) in [6.45, 7) is 5.08. The van der Waals surface area contributed by atoms with E-state index in [-0.39, 0.29) is 11.8 Å². The number of anilines is 1. The van der Waals surface area contributed by atoms with E-state index in [9.17, 15) is 9.18 Å². The van der Waals surface area contributed by atoms with Gasteiger partial charge in [0.05, 0.1) is 0 Å². The van der Waals surface area contributed by atoms with Gasteiger partial charge in [-0.3, -0.25) is 4.98 Å². The number of aromatic nitrogens is 1. The number of piperazine rings is 1. The number of nitrogens with one attached hydrogen (secondary N) is 1. The molecule has 1 aliphatic heterocycles. The summed E-state index contributed by atoms with van der Waals surface area (Å²) in [6, 6.07) is 8.77. The Morgan fingerprint density at radius 2 is 1.88 bits per heavy atom. The van der Waals surface area contributed by atoms with Gasteiger partial charge < -0.3 is 15.1 Å². The highest BCUT2D eigenvalue weighted by molar-refractivity contribution is 5.74. The first-order valence-electron chi connectivity index (χ1n) is 8.06. The zero-order valence-electron chi connectivity index (χ0n) is 13.7. The van der Waals surface area contributed by atoms with E-state index in [0.717, 1.165) is 24.3 Å². The van der Waals surface area contributed by atoms with Gasteiger partial charge in [-0.05, 0) is 36.2 Å². The van der Waals surface area contributed by atoms with Crippen molar-refractivity contribution in [3.63, 3.8) is 0 Å². The van der Waals surface area contributed by atoms with Crippen molar-refractivity contribution in [2.24, 2.45) is 0 Å². The number of hydrogen-bond acceptors (Lipinski definition) is 3. The molecule has 1 fully saturated rings. The molecule has 2 heterocycles. The average Bonchev–Trinajstić information content (AvgIpc) is 2.63. The molecule has 0 radical (unpaired) electrons. The van der Waals surface area contributed by atoms with E-state index in [2.05, 4.69) is 15.2 Å². The Balaban J connectivity index is 1.49. The second-order valence-electron chi connectivity index (χ2n) is 5.92. The Morgan fingerprint density at radius 1 is 1.17 bits per heavy atom. The van der Waals surface area contributed by atoms with Crippen LogP contribution in [0.5, 0.6) is 0 Å². The highest BCUT2D eigenvalue weighted by Crippen LogP contribution is 2.15. The molecule has 0 aliphatic carbocycles. The Kier molecular flexibility index (Phi) is 4.93. The Bertz CT molecular complexity index is 699. The molecule has 0 saturated carbocycles. The number of aryl methyl sites for hydroxylation is 1. The molecular weight excluding hydrogens is 307 g/mol. The van der Waals surface area contributed by atoms with Crippen LogP contribution in [0.2, 0.25) is 0 Å². The van der Waals surface area contributed by atoms with Crippen LogP contribution >= 0.6 is 0 Å². The van der Waals surface area contributed by atoms with Gasteiger partial charge in [0.15, 0.2) is 0 Å². The van der Waals surface area contributed by atoms with E-state index in [1.807, 2.05) is 17.0 Å². The summed E-state index contributed by atoms with van der Waals surface area (Å²) in [7, 11) is 0. The maximum absolute atomic E-state index is 13.3. The van der Waals surface area contributed by atoms with Gasteiger partial charge in [-0.2, -0.15) is 0 Å². The number of nitrogens with zero attached hydrogens (tertiary/aromatic N) is 3. The normalized spacial score (nSPS) is 14.6. The minimum atomic E-state index is -0.225. The van der Waals surface area contributed by atoms with Crippen molar-refractivity contribution in [2.75, 3.05) is 31.1 Å². The molecule has 0 atom stereocenters. The molecule has 126 valence electrons. The first kappa shape index (κ1) is 16.2. The third-order valence-corrected chi connectivity index (χ3v) is 4.26. The fourth-order valence-electron chi connectivity index (χ4n) is 2.83. The number of urea groups is 1. The van der Waals surface area contributed by atoms with E-state index < -0.39 is 0 Å². The molecule has 1 saturated heterocycles. The van der Waals surface area contributed by atoms with Gasteiger partial charge in [-0.15, -0.1) is 0 Å². The molecule has 2 amide bonds. The van der Waals surface area contributed by atoms with Crippen molar-refractivity contribution in [2.45, 2.75) is 13.5 Å². The Hall–Kier alpha value is -2.63. The predicted octanol–water partition coefficient (Wildman–Crippen LogP) is 2.56. The Labute approximate surface area is 141 Å². The topological polar surface area (TPSA) is 48.5 Å². The average molecular weight is 328 g/mol. The van der Waals surface area contributed by atoms with Gasteiger partial charge in [-0.25, -0.2) is 9.18 Å². The molecule has 5 nitrogen and oxygen atoms in total. The third kappa shape index (κ3) is 3.82. The summed E-state index contributed by atoms with van der Waals surface area (Å²) in [5.41, 5.74) is 2.62. The molecule has 3 rings (SSSR count). The van der Waals surface area contributed by atoms with Crippen LogP contribution < -0.4 is 10.2 Å². The number of rotatable bonds is 3. The van der Waals surface area contributed by atoms with Crippen LogP contribution in [0.1, 0.15) is 11.1 Å². The van der Waals surface area contributed by atoms with E-state index in [4.69, 9.17) is 0 Å². The standard InChI is InChI=1S/C18H21FN4O/c1-14-12-15(2-3-17(14)19)13-21-18(24)23-10-8-22(9-11-23)16-4-6-20-7-5-16/h2-7,12H,8-11,13H2,1H3,(H,21,24). The van der Waals surface area contributed by atoms with Gasteiger partial charge in [-0.1, -0.05) is 12.1 Å². The van der Waals surface area contributed by atoms with Crippen molar-refractivity contribution in [1.29, 1.82) is 0 Å². The number of hydrogen-bond donors (Lipinski definition) is 1. The monoisotopic (exact) mass is 328 g/mol. The quantitative estimate of drug-likeness (QED) is 0.942. The number of carbonyl (C=O) groups is 1. The van der Waals surface area contributed by atoms with Gasteiger partial charge >= 0.3 is 6.03 Å². The maximum atomic E-state index is 13.3. The van der Waals surface area contributed by atoms with Crippen molar-refractivity contribution in [3.8, 4) is 0 Å². The first-order valence-corrected chi connectivity index (χ1v) is 8.06. The smallest absolute Gasteiger partial charge is 0.317 e. The summed E-state index contributed by atoms with van der Waals surface area (Å²) in [4.78, 5) is 20.4. The number of carbonyl (C=O) groups excluding carboxylic acids is 1. The third-order valence-electron chi connectivity index (χ3n) is 4.26. The van der Waals surface area contributed by atoms with Gasteiger partial charge in [0.2, 0.25) is 0 Å². The lowest BCUT2D eigenvalue weighted by Crippen LogP contribution is -2.51. The van der Waals surface area contributed by atoms with Crippen molar-refractivity contribution >= 4 is 11.7 Å². The lowest BCUT2D eigenvalue weighted by Gasteiger charge is -2.36. The van der Waals surface area contributed by atoms with Crippen LogP contribution in [-0.4, -0.2) is 42.1 Å². The predicted molar refractivity (Wildman–Crippen MR) is 91.4 cm³/mol. The zero-order chi connectivity index (χ0) is 16.9. The van der Waals surface area contributed by atoms with Crippen molar-refractivity contribution < 1.29 is 9.18 Å². The van der Waals surface area contributed by atoms with Gasteiger partial charge in [0, 0.05) is 50.8 Å².